The van der Waals surface area contributed by atoms with Crippen LogP contribution in [0.2, 0.25) is 0 Å². The lowest BCUT2D eigenvalue weighted by atomic mass is 9.93. The zero-order valence-electron chi connectivity index (χ0n) is 10.2. The van der Waals surface area contributed by atoms with Crippen LogP contribution < -0.4 is 5.32 Å². The highest BCUT2D eigenvalue weighted by Gasteiger charge is 2.17. The molecule has 0 spiro atoms. The van der Waals surface area contributed by atoms with Crippen molar-refractivity contribution < 1.29 is 0 Å². The Morgan fingerprint density at radius 1 is 1.19 bits per heavy atom. The smallest absolute Gasteiger partial charge is 0.0270 e. The average Bonchev–Trinajstić information content (AvgIpc) is 2.56. The monoisotopic (exact) mass is 218 g/mol. The molecule has 1 heterocycles. The van der Waals surface area contributed by atoms with Crippen LogP contribution in [0, 0.1) is 5.92 Å². The van der Waals surface area contributed by atoms with Crippen molar-refractivity contribution in [2.45, 2.75) is 44.6 Å². The van der Waals surface area contributed by atoms with Gasteiger partial charge >= 0.3 is 0 Å². The second-order valence-corrected chi connectivity index (χ2v) is 4.92. The van der Waals surface area contributed by atoms with Crippen molar-refractivity contribution in [2.24, 2.45) is 5.92 Å². The zero-order valence-corrected chi connectivity index (χ0v) is 10.2. The number of nitrogens with one attached hydrogen (secondary N) is 1. The lowest BCUT2D eigenvalue weighted by Crippen LogP contribution is -2.23. The van der Waals surface area contributed by atoms with E-state index in [9.17, 15) is 0 Å². The predicted molar refractivity (Wildman–Crippen MR) is 67.4 cm³/mol. The molecule has 1 aromatic rings. The Morgan fingerprint density at radius 2 is 2.00 bits per heavy atom. The molecule has 1 fully saturated rings. The van der Waals surface area contributed by atoms with E-state index in [1.165, 1.54) is 44.1 Å². The number of rotatable bonds is 3. The van der Waals surface area contributed by atoms with Gasteiger partial charge in [0.1, 0.15) is 0 Å². The maximum atomic E-state index is 4.07. The van der Waals surface area contributed by atoms with Crippen LogP contribution in [0.4, 0.5) is 0 Å². The highest BCUT2D eigenvalue weighted by molar-refractivity contribution is 5.10. The van der Waals surface area contributed by atoms with E-state index in [0.717, 1.165) is 12.0 Å². The number of hydrogen-bond acceptors (Lipinski definition) is 2. The fraction of sp³-hybridized carbons (Fsp3) is 0.643. The van der Waals surface area contributed by atoms with Crippen LogP contribution in [0.15, 0.2) is 24.5 Å². The molecule has 2 atom stereocenters. The molecule has 0 saturated heterocycles. The Morgan fingerprint density at radius 3 is 2.75 bits per heavy atom. The molecule has 0 bridgehead atoms. The minimum atomic E-state index is 0.752. The highest BCUT2D eigenvalue weighted by atomic mass is 14.9. The zero-order chi connectivity index (χ0) is 11.2. The van der Waals surface area contributed by atoms with E-state index in [1.54, 1.807) is 0 Å². The van der Waals surface area contributed by atoms with Gasteiger partial charge in [-0.3, -0.25) is 4.98 Å². The van der Waals surface area contributed by atoms with Gasteiger partial charge in [-0.25, -0.2) is 0 Å². The van der Waals surface area contributed by atoms with Crippen molar-refractivity contribution in [1.82, 2.24) is 10.3 Å². The first-order valence-corrected chi connectivity index (χ1v) is 6.44. The van der Waals surface area contributed by atoms with Crippen molar-refractivity contribution in [2.75, 3.05) is 7.05 Å². The summed E-state index contributed by atoms with van der Waals surface area (Å²) in [7, 11) is 2.09. The quantitative estimate of drug-likeness (QED) is 0.789. The maximum Gasteiger partial charge on any atom is 0.0270 e. The lowest BCUT2D eigenvalue weighted by Gasteiger charge is -2.14. The van der Waals surface area contributed by atoms with E-state index in [-0.39, 0.29) is 0 Å². The van der Waals surface area contributed by atoms with Gasteiger partial charge < -0.3 is 5.32 Å². The molecule has 16 heavy (non-hydrogen) atoms. The van der Waals surface area contributed by atoms with Crippen LogP contribution >= 0.6 is 0 Å². The molecule has 0 aromatic carbocycles. The molecule has 1 aromatic heterocycles. The van der Waals surface area contributed by atoms with E-state index in [2.05, 4.69) is 29.5 Å². The Bertz CT molecular complexity index is 297. The minimum absolute atomic E-state index is 0.752. The summed E-state index contributed by atoms with van der Waals surface area (Å²) in [5.74, 6) is 0.876. The molecule has 2 nitrogen and oxygen atoms in total. The molecule has 1 aliphatic rings. The highest BCUT2D eigenvalue weighted by Crippen LogP contribution is 2.26. The molecule has 0 radical (unpaired) electrons. The Hall–Kier alpha value is -0.890. The summed E-state index contributed by atoms with van der Waals surface area (Å²) >= 11 is 0. The fourth-order valence-electron chi connectivity index (χ4n) is 2.72. The van der Waals surface area contributed by atoms with Crippen molar-refractivity contribution in [1.29, 1.82) is 0 Å². The first-order chi connectivity index (χ1) is 7.88. The normalized spacial score (nSPS) is 26.3. The van der Waals surface area contributed by atoms with Gasteiger partial charge in [0.25, 0.3) is 0 Å². The number of pyridine rings is 1. The number of hydrogen-bond donors (Lipinski definition) is 1. The molecule has 2 rings (SSSR count). The van der Waals surface area contributed by atoms with Crippen LogP contribution in [-0.2, 0) is 6.42 Å². The van der Waals surface area contributed by atoms with E-state index in [0.29, 0.717) is 0 Å². The van der Waals surface area contributed by atoms with Crippen LogP contribution in [0.5, 0.6) is 0 Å². The average molecular weight is 218 g/mol. The molecule has 1 N–H and O–H groups in total. The summed E-state index contributed by atoms with van der Waals surface area (Å²) in [5.41, 5.74) is 1.45. The molecule has 1 aliphatic carbocycles. The van der Waals surface area contributed by atoms with E-state index in [4.69, 9.17) is 0 Å². The van der Waals surface area contributed by atoms with Gasteiger partial charge in [0.15, 0.2) is 0 Å². The van der Waals surface area contributed by atoms with Crippen LogP contribution in [-0.4, -0.2) is 18.1 Å². The van der Waals surface area contributed by atoms with Gasteiger partial charge in [0, 0.05) is 18.4 Å². The van der Waals surface area contributed by atoms with E-state index < -0.39 is 0 Å². The van der Waals surface area contributed by atoms with Crippen LogP contribution in [0.25, 0.3) is 0 Å². The topological polar surface area (TPSA) is 24.9 Å². The van der Waals surface area contributed by atoms with Crippen LogP contribution in [0.3, 0.4) is 0 Å². The second kappa shape index (κ2) is 6.00. The summed E-state index contributed by atoms with van der Waals surface area (Å²) in [4.78, 5) is 4.07. The number of nitrogens with zero attached hydrogens (tertiary/aromatic N) is 1. The fourth-order valence-corrected chi connectivity index (χ4v) is 2.72. The van der Waals surface area contributed by atoms with Gasteiger partial charge in [-0.15, -0.1) is 0 Å². The Labute approximate surface area is 98.5 Å². The van der Waals surface area contributed by atoms with Gasteiger partial charge in [-0.05, 0) is 56.3 Å². The largest absolute Gasteiger partial charge is 0.317 e. The van der Waals surface area contributed by atoms with Crippen molar-refractivity contribution >= 4 is 0 Å². The second-order valence-electron chi connectivity index (χ2n) is 4.92. The lowest BCUT2D eigenvalue weighted by molar-refractivity contribution is 0.444. The van der Waals surface area contributed by atoms with Gasteiger partial charge in [0.2, 0.25) is 0 Å². The molecule has 88 valence electrons. The Balaban J connectivity index is 1.86. The third-order valence-electron chi connectivity index (χ3n) is 3.77. The predicted octanol–water partition coefficient (Wildman–Crippen LogP) is 2.79. The minimum Gasteiger partial charge on any atom is -0.317 e. The van der Waals surface area contributed by atoms with Crippen molar-refractivity contribution in [3.8, 4) is 0 Å². The first kappa shape index (κ1) is 11.6. The standard InChI is InChI=1S/C14H22N2/c1-15-14-4-2-3-12(5-6-14)11-13-7-9-16-10-8-13/h7-10,12,14-15H,2-6,11H2,1H3. The SMILES string of the molecule is CNC1CCCC(Cc2ccncc2)CC1. The first-order valence-electron chi connectivity index (χ1n) is 6.44. The summed E-state index contributed by atoms with van der Waals surface area (Å²) in [5, 5.41) is 3.42. The molecular weight excluding hydrogens is 196 g/mol. The summed E-state index contributed by atoms with van der Waals surface area (Å²) < 4.78 is 0. The molecule has 0 amide bonds. The van der Waals surface area contributed by atoms with E-state index in [1.807, 2.05) is 12.4 Å². The van der Waals surface area contributed by atoms with Crippen LogP contribution in [0.1, 0.15) is 37.7 Å². The maximum absolute atomic E-state index is 4.07. The Kier molecular flexibility index (Phi) is 4.34. The summed E-state index contributed by atoms with van der Waals surface area (Å²) in [6.07, 6.45) is 11.9. The molecule has 0 aliphatic heterocycles. The van der Waals surface area contributed by atoms with Gasteiger partial charge in [-0.2, -0.15) is 0 Å². The molecule has 2 heteroatoms. The molecule has 2 unspecified atom stereocenters. The summed E-state index contributed by atoms with van der Waals surface area (Å²) in [6, 6.07) is 5.06. The van der Waals surface area contributed by atoms with E-state index >= 15 is 0 Å². The third kappa shape index (κ3) is 3.31. The van der Waals surface area contributed by atoms with Crippen molar-refractivity contribution in [3.05, 3.63) is 30.1 Å². The summed E-state index contributed by atoms with van der Waals surface area (Å²) in [6.45, 7) is 0. The third-order valence-corrected chi connectivity index (χ3v) is 3.77. The van der Waals surface area contributed by atoms with Crippen molar-refractivity contribution in [3.63, 3.8) is 0 Å². The van der Waals surface area contributed by atoms with Gasteiger partial charge in [-0.1, -0.05) is 12.8 Å². The molecular formula is C14H22N2. The molecule has 1 saturated carbocycles. The number of aromatic nitrogens is 1. The van der Waals surface area contributed by atoms with Gasteiger partial charge in [0.05, 0.1) is 0 Å².